The summed E-state index contributed by atoms with van der Waals surface area (Å²) in [6.45, 7) is 6.21. The third-order valence-corrected chi connectivity index (χ3v) is 6.10. The van der Waals surface area contributed by atoms with Crippen LogP contribution in [0.15, 0.2) is 0 Å². The quantitative estimate of drug-likeness (QED) is 0.0885. The molecule has 1 heteroatoms. The second kappa shape index (κ2) is 30.2. The summed E-state index contributed by atoms with van der Waals surface area (Å²) < 4.78 is 0. The average molecular weight is 403 g/mol. The first-order valence-electron chi connectivity index (χ1n) is 13.2. The summed E-state index contributed by atoms with van der Waals surface area (Å²) in [6.07, 6.45) is 36.3. The molecule has 0 saturated carbocycles. The smallest absolute Gasteiger partial charge is 0.343 e. The van der Waals surface area contributed by atoms with Gasteiger partial charge in [0.25, 0.3) is 0 Å². The maximum Gasteiger partial charge on any atom is 1.00 e. The van der Waals surface area contributed by atoms with E-state index in [2.05, 4.69) is 13.8 Å². The van der Waals surface area contributed by atoms with Gasteiger partial charge in [-0.2, -0.15) is 6.42 Å². The fourth-order valence-electron chi connectivity index (χ4n) is 4.14. The summed E-state index contributed by atoms with van der Waals surface area (Å²) in [5.41, 5.74) is 0. The molecule has 0 amide bonds. The van der Waals surface area contributed by atoms with Gasteiger partial charge in [-0.3, -0.25) is 0 Å². The Morgan fingerprint density at radius 3 is 0.679 bits per heavy atom. The zero-order valence-corrected chi connectivity index (χ0v) is 22.4. The Morgan fingerprint density at radius 2 is 0.500 bits per heavy atom. The first-order chi connectivity index (χ1) is 13.4. The second-order valence-corrected chi connectivity index (χ2v) is 8.99. The second-order valence-electron chi connectivity index (χ2n) is 8.99. The predicted octanol–water partition coefficient (Wildman–Crippen LogP) is 7.60. The van der Waals surface area contributed by atoms with Gasteiger partial charge in [0.05, 0.1) is 0 Å². The Labute approximate surface area is 203 Å². The largest absolute Gasteiger partial charge is 1.00 e. The van der Waals surface area contributed by atoms with E-state index in [4.69, 9.17) is 0 Å². The monoisotopic (exact) mass is 402 g/mol. The van der Waals surface area contributed by atoms with Gasteiger partial charge in [0.2, 0.25) is 0 Å². The van der Waals surface area contributed by atoms with Crippen molar-refractivity contribution in [3.63, 3.8) is 0 Å². The number of rotatable bonds is 24. The molecule has 0 aliphatic heterocycles. The minimum Gasteiger partial charge on any atom is -0.343 e. The van der Waals surface area contributed by atoms with Crippen LogP contribution in [0.2, 0.25) is 0 Å². The van der Waals surface area contributed by atoms with Crippen LogP contribution >= 0.6 is 0 Å². The zero-order valence-electron chi connectivity index (χ0n) is 20.4. The summed E-state index contributed by atoms with van der Waals surface area (Å²) in [4.78, 5) is 0. The van der Waals surface area contributed by atoms with Crippen LogP contribution in [0.1, 0.15) is 167 Å². The zero-order chi connectivity index (χ0) is 19.7. The molecule has 0 aromatic rings. The number of hydrogen-bond acceptors (Lipinski definition) is 0. The Kier molecular flexibility index (Phi) is 33.6. The molecular weight excluding hydrogens is 347 g/mol. The van der Waals surface area contributed by atoms with Crippen molar-refractivity contribution in [2.75, 3.05) is 0 Å². The molecule has 0 radical (unpaired) electrons. The van der Waals surface area contributed by atoms with Crippen molar-refractivity contribution < 1.29 is 29.6 Å². The van der Waals surface area contributed by atoms with Gasteiger partial charge in [-0.15, -0.1) is 0 Å². The molecule has 28 heavy (non-hydrogen) atoms. The predicted molar refractivity (Wildman–Crippen MR) is 126 cm³/mol. The average Bonchev–Trinajstić information content (AvgIpc) is 2.68. The van der Waals surface area contributed by atoms with E-state index in [0.717, 1.165) is 6.42 Å². The van der Waals surface area contributed by atoms with Crippen molar-refractivity contribution in [3.8, 4) is 0 Å². The van der Waals surface area contributed by atoms with Gasteiger partial charge in [-0.1, -0.05) is 161 Å². The normalized spacial score (nSPS) is 10.9. The van der Waals surface area contributed by atoms with Gasteiger partial charge in [-0.05, 0) is 0 Å². The molecule has 164 valence electrons. The van der Waals surface area contributed by atoms with E-state index in [1.807, 2.05) is 0 Å². The molecule has 0 bridgehead atoms. The first kappa shape index (κ1) is 31.2. The molecule has 0 N–H and O–H groups in total. The van der Waals surface area contributed by atoms with Crippen LogP contribution in [0.4, 0.5) is 0 Å². The molecule has 0 aromatic heterocycles. The van der Waals surface area contributed by atoms with Crippen molar-refractivity contribution in [1.82, 2.24) is 0 Å². The van der Waals surface area contributed by atoms with Crippen LogP contribution < -0.4 is 29.6 Å². The van der Waals surface area contributed by atoms with Crippen LogP contribution in [0.3, 0.4) is 0 Å². The van der Waals surface area contributed by atoms with Gasteiger partial charge in [0, 0.05) is 0 Å². The van der Waals surface area contributed by atoms with Crippen LogP contribution in [0, 0.1) is 6.92 Å². The van der Waals surface area contributed by atoms with Gasteiger partial charge in [0.15, 0.2) is 0 Å². The molecule has 0 fully saturated rings. The first-order valence-corrected chi connectivity index (χ1v) is 13.2. The van der Waals surface area contributed by atoms with Gasteiger partial charge < -0.3 is 6.92 Å². The van der Waals surface area contributed by atoms with E-state index >= 15 is 0 Å². The Balaban J connectivity index is 0. The minimum atomic E-state index is 0. The fraction of sp³-hybridized carbons (Fsp3) is 0.963. The van der Waals surface area contributed by atoms with Crippen molar-refractivity contribution >= 4 is 0 Å². The van der Waals surface area contributed by atoms with Gasteiger partial charge >= 0.3 is 29.6 Å². The van der Waals surface area contributed by atoms with Gasteiger partial charge in [-0.25, -0.2) is 0 Å². The molecule has 0 nitrogen and oxygen atoms in total. The number of hydrogen-bond donors (Lipinski definition) is 0. The van der Waals surface area contributed by atoms with Gasteiger partial charge in [0.1, 0.15) is 0 Å². The molecule has 0 spiro atoms. The molecule has 0 unspecified atom stereocenters. The Morgan fingerprint density at radius 1 is 0.321 bits per heavy atom. The molecule has 0 rings (SSSR count). The fourth-order valence-corrected chi connectivity index (χ4v) is 4.14. The number of unbranched alkanes of at least 4 members (excludes halogenated alkanes) is 24. The van der Waals surface area contributed by atoms with E-state index in [1.54, 1.807) is 0 Å². The molecule has 0 aromatic carbocycles. The minimum absolute atomic E-state index is 0. The summed E-state index contributed by atoms with van der Waals surface area (Å²) in [6, 6.07) is 0. The Hall–Kier alpha value is 1.00. The van der Waals surface area contributed by atoms with E-state index < -0.39 is 0 Å². The van der Waals surface area contributed by atoms with Crippen LogP contribution in [0.25, 0.3) is 0 Å². The molecule has 0 heterocycles. The van der Waals surface area contributed by atoms with Crippen molar-refractivity contribution in [2.24, 2.45) is 0 Å². The van der Waals surface area contributed by atoms with E-state index in [-0.39, 0.29) is 29.6 Å². The molecule has 0 aliphatic rings. The van der Waals surface area contributed by atoms with E-state index in [1.165, 1.54) is 154 Å². The van der Waals surface area contributed by atoms with Crippen LogP contribution in [0.5, 0.6) is 0 Å². The summed E-state index contributed by atoms with van der Waals surface area (Å²) >= 11 is 0. The van der Waals surface area contributed by atoms with Crippen LogP contribution in [-0.4, -0.2) is 0 Å². The molecule has 0 atom stereocenters. The third-order valence-electron chi connectivity index (χ3n) is 6.10. The maximum atomic E-state index is 3.91. The standard InChI is InChI=1S/C27H55.Na/c1-3-5-7-9-11-13-15-17-19-21-23-25-27-26-24-22-20-18-16-14-12-10-8-6-4-2;/h1,3-27H2,2H3;/q-1;+1. The van der Waals surface area contributed by atoms with Crippen molar-refractivity contribution in [2.45, 2.75) is 167 Å². The van der Waals surface area contributed by atoms with Crippen LogP contribution in [-0.2, 0) is 0 Å². The summed E-state index contributed by atoms with van der Waals surface area (Å²) in [7, 11) is 0. The van der Waals surface area contributed by atoms with E-state index in [9.17, 15) is 0 Å². The Bertz CT molecular complexity index is 214. The van der Waals surface area contributed by atoms with Crippen molar-refractivity contribution in [3.05, 3.63) is 6.92 Å². The molecular formula is C27H55Na. The third kappa shape index (κ3) is 29.2. The van der Waals surface area contributed by atoms with Crippen molar-refractivity contribution in [1.29, 1.82) is 0 Å². The molecule has 0 aliphatic carbocycles. The maximum absolute atomic E-state index is 3.91. The topological polar surface area (TPSA) is 0 Å². The SMILES string of the molecule is [CH2-]CCCCCCCCCCCCCCCCCCCCCCCCCC.[Na+]. The molecule has 0 saturated heterocycles. The summed E-state index contributed by atoms with van der Waals surface area (Å²) in [5.74, 6) is 0. The summed E-state index contributed by atoms with van der Waals surface area (Å²) in [5, 5.41) is 0. The van der Waals surface area contributed by atoms with E-state index in [0.29, 0.717) is 0 Å².